The summed E-state index contributed by atoms with van der Waals surface area (Å²) in [4.78, 5) is 25.5. The molecule has 1 heterocycles. The van der Waals surface area contributed by atoms with E-state index in [4.69, 9.17) is 0 Å². The highest BCUT2D eigenvalue weighted by Gasteiger charge is 2.25. The molecule has 2 N–H and O–H groups in total. The number of amides is 1. The third-order valence-electron chi connectivity index (χ3n) is 4.55. The predicted molar refractivity (Wildman–Crippen MR) is 101 cm³/mol. The van der Waals surface area contributed by atoms with E-state index < -0.39 is 0 Å². The van der Waals surface area contributed by atoms with E-state index >= 15 is 0 Å². The maximum atomic E-state index is 12.7. The second kappa shape index (κ2) is 8.79. The van der Waals surface area contributed by atoms with Crippen LogP contribution in [0.25, 0.3) is 0 Å². The van der Waals surface area contributed by atoms with Crippen molar-refractivity contribution in [3.05, 3.63) is 71.3 Å². The zero-order chi connectivity index (χ0) is 16.9. The minimum absolute atomic E-state index is 0. The van der Waals surface area contributed by atoms with Gasteiger partial charge in [0.15, 0.2) is 5.78 Å². The molecule has 3 rings (SSSR count). The fraction of sp³-hybridized carbons (Fsp3) is 0.300. The SMILES string of the molecule is CC1CNCCC1NC(=O)c1ccccc1C(=O)c1ccccc1.Cl. The fourth-order valence-electron chi connectivity index (χ4n) is 3.10. The molecule has 1 aliphatic heterocycles. The van der Waals surface area contributed by atoms with Gasteiger partial charge in [0.25, 0.3) is 5.91 Å². The Morgan fingerprint density at radius 2 is 1.64 bits per heavy atom. The molecule has 0 spiro atoms. The van der Waals surface area contributed by atoms with E-state index in [1.165, 1.54) is 0 Å². The molecular weight excluding hydrogens is 336 g/mol. The van der Waals surface area contributed by atoms with Crippen molar-refractivity contribution in [1.29, 1.82) is 0 Å². The smallest absolute Gasteiger partial charge is 0.252 e. The average molecular weight is 359 g/mol. The number of benzene rings is 2. The van der Waals surface area contributed by atoms with Crippen LogP contribution in [0, 0.1) is 5.92 Å². The molecule has 0 aliphatic carbocycles. The number of carbonyl (C=O) groups excluding carboxylic acids is 2. The molecule has 25 heavy (non-hydrogen) atoms. The monoisotopic (exact) mass is 358 g/mol. The van der Waals surface area contributed by atoms with Gasteiger partial charge in [0.1, 0.15) is 0 Å². The van der Waals surface area contributed by atoms with Crippen LogP contribution in [-0.2, 0) is 0 Å². The van der Waals surface area contributed by atoms with Crippen molar-refractivity contribution in [3.63, 3.8) is 0 Å². The minimum Gasteiger partial charge on any atom is -0.349 e. The zero-order valence-electron chi connectivity index (χ0n) is 14.2. The van der Waals surface area contributed by atoms with E-state index in [0.29, 0.717) is 22.6 Å². The molecule has 1 amide bonds. The van der Waals surface area contributed by atoms with Crippen molar-refractivity contribution < 1.29 is 9.59 Å². The van der Waals surface area contributed by atoms with E-state index in [2.05, 4.69) is 17.6 Å². The summed E-state index contributed by atoms with van der Waals surface area (Å²) in [6.07, 6.45) is 0.904. The maximum Gasteiger partial charge on any atom is 0.252 e. The molecule has 0 saturated carbocycles. The summed E-state index contributed by atoms with van der Waals surface area (Å²) in [5.74, 6) is 0.0769. The van der Waals surface area contributed by atoms with Crippen LogP contribution in [0.4, 0.5) is 0 Å². The van der Waals surface area contributed by atoms with Crippen LogP contribution in [0.2, 0.25) is 0 Å². The number of halogens is 1. The summed E-state index contributed by atoms with van der Waals surface area (Å²) in [7, 11) is 0. The highest BCUT2D eigenvalue weighted by molar-refractivity contribution is 6.15. The number of ketones is 1. The second-order valence-electron chi connectivity index (χ2n) is 6.29. The number of hydrogen-bond acceptors (Lipinski definition) is 3. The molecule has 1 saturated heterocycles. The first-order chi connectivity index (χ1) is 11.7. The lowest BCUT2D eigenvalue weighted by Gasteiger charge is -2.30. The molecule has 2 atom stereocenters. The van der Waals surface area contributed by atoms with E-state index in [-0.39, 0.29) is 30.1 Å². The number of carbonyl (C=O) groups is 2. The molecule has 1 fully saturated rings. The molecular formula is C20H23ClN2O2. The van der Waals surface area contributed by atoms with E-state index in [1.807, 2.05) is 18.2 Å². The molecule has 132 valence electrons. The summed E-state index contributed by atoms with van der Waals surface area (Å²) in [6, 6.07) is 16.2. The van der Waals surface area contributed by atoms with Gasteiger partial charge in [-0.3, -0.25) is 9.59 Å². The van der Waals surface area contributed by atoms with Crippen LogP contribution in [0.1, 0.15) is 39.6 Å². The highest BCUT2D eigenvalue weighted by atomic mass is 35.5. The lowest BCUT2D eigenvalue weighted by atomic mass is 9.94. The van der Waals surface area contributed by atoms with Crippen molar-refractivity contribution in [2.45, 2.75) is 19.4 Å². The first kappa shape index (κ1) is 19.2. The Kier molecular flexibility index (Phi) is 6.73. The summed E-state index contributed by atoms with van der Waals surface area (Å²) < 4.78 is 0. The van der Waals surface area contributed by atoms with Gasteiger partial charge in [-0.1, -0.05) is 55.5 Å². The summed E-state index contributed by atoms with van der Waals surface area (Å²) in [5.41, 5.74) is 1.48. The number of hydrogen-bond donors (Lipinski definition) is 2. The van der Waals surface area contributed by atoms with Crippen LogP contribution in [0.15, 0.2) is 54.6 Å². The topological polar surface area (TPSA) is 58.2 Å². The average Bonchev–Trinajstić information content (AvgIpc) is 2.63. The fourth-order valence-corrected chi connectivity index (χ4v) is 3.10. The Bertz CT molecular complexity index is 733. The largest absolute Gasteiger partial charge is 0.349 e. The Balaban J connectivity index is 0.00000225. The van der Waals surface area contributed by atoms with E-state index in [0.717, 1.165) is 19.5 Å². The normalized spacial score (nSPS) is 19.6. The molecule has 5 heteroatoms. The van der Waals surface area contributed by atoms with Crippen LogP contribution in [0.3, 0.4) is 0 Å². The molecule has 4 nitrogen and oxygen atoms in total. The van der Waals surface area contributed by atoms with Gasteiger partial charge in [0, 0.05) is 17.2 Å². The number of piperidine rings is 1. The summed E-state index contributed by atoms with van der Waals surface area (Å²) in [5, 5.41) is 6.42. The Labute approximate surface area is 154 Å². The van der Waals surface area contributed by atoms with Gasteiger partial charge < -0.3 is 10.6 Å². The molecule has 2 aromatic carbocycles. The van der Waals surface area contributed by atoms with E-state index in [9.17, 15) is 9.59 Å². The number of nitrogens with one attached hydrogen (secondary N) is 2. The molecule has 0 radical (unpaired) electrons. The third kappa shape index (κ3) is 4.47. The van der Waals surface area contributed by atoms with E-state index in [1.54, 1.807) is 36.4 Å². The van der Waals surface area contributed by atoms with Gasteiger partial charge >= 0.3 is 0 Å². The lowest BCUT2D eigenvalue weighted by Crippen LogP contribution is -2.48. The van der Waals surface area contributed by atoms with Gasteiger partial charge in [-0.05, 0) is 31.5 Å². The van der Waals surface area contributed by atoms with Crippen molar-refractivity contribution in [1.82, 2.24) is 10.6 Å². The Morgan fingerprint density at radius 1 is 1.00 bits per heavy atom. The second-order valence-corrected chi connectivity index (χ2v) is 6.29. The van der Waals surface area contributed by atoms with Crippen molar-refractivity contribution in [2.24, 2.45) is 5.92 Å². The quantitative estimate of drug-likeness (QED) is 0.826. The van der Waals surface area contributed by atoms with Crippen LogP contribution in [-0.4, -0.2) is 30.8 Å². The van der Waals surface area contributed by atoms with Crippen molar-refractivity contribution >= 4 is 24.1 Å². The summed E-state index contributed by atoms with van der Waals surface area (Å²) >= 11 is 0. The van der Waals surface area contributed by atoms with Gasteiger partial charge in [0.2, 0.25) is 0 Å². The molecule has 0 bridgehead atoms. The standard InChI is InChI=1S/C20H22N2O2.ClH/c1-14-13-21-12-11-18(14)22-20(24)17-10-6-5-9-16(17)19(23)15-7-3-2-4-8-15;/h2-10,14,18,21H,11-13H2,1H3,(H,22,24);1H. The van der Waals surface area contributed by atoms with Crippen LogP contribution in [0.5, 0.6) is 0 Å². The first-order valence-corrected chi connectivity index (χ1v) is 8.37. The molecule has 2 aromatic rings. The van der Waals surface area contributed by atoms with Gasteiger partial charge in [-0.2, -0.15) is 0 Å². The van der Waals surface area contributed by atoms with Gasteiger partial charge in [-0.15, -0.1) is 12.4 Å². The highest BCUT2D eigenvalue weighted by Crippen LogP contribution is 2.17. The van der Waals surface area contributed by atoms with Gasteiger partial charge in [0.05, 0.1) is 5.56 Å². The van der Waals surface area contributed by atoms with Crippen molar-refractivity contribution in [3.8, 4) is 0 Å². The molecule has 2 unspecified atom stereocenters. The number of rotatable bonds is 4. The molecule has 0 aromatic heterocycles. The predicted octanol–water partition coefficient (Wildman–Crippen LogP) is 3.07. The molecule has 1 aliphatic rings. The lowest BCUT2D eigenvalue weighted by molar-refractivity contribution is 0.0905. The third-order valence-corrected chi connectivity index (χ3v) is 4.55. The Morgan fingerprint density at radius 3 is 2.32 bits per heavy atom. The first-order valence-electron chi connectivity index (χ1n) is 8.37. The van der Waals surface area contributed by atoms with Crippen LogP contribution < -0.4 is 10.6 Å². The summed E-state index contributed by atoms with van der Waals surface area (Å²) in [6.45, 7) is 3.92. The van der Waals surface area contributed by atoms with Crippen molar-refractivity contribution in [2.75, 3.05) is 13.1 Å². The van der Waals surface area contributed by atoms with Gasteiger partial charge in [-0.25, -0.2) is 0 Å². The van der Waals surface area contributed by atoms with Crippen LogP contribution >= 0.6 is 12.4 Å². The maximum absolute atomic E-state index is 12.7. The zero-order valence-corrected chi connectivity index (χ0v) is 15.0. The Hall–Kier alpha value is -2.17. The minimum atomic E-state index is -0.173.